The third kappa shape index (κ3) is 3.13. The molecule has 7 nitrogen and oxygen atoms in total. The van der Waals surface area contributed by atoms with Crippen molar-refractivity contribution >= 4 is 16.7 Å². The highest BCUT2D eigenvalue weighted by molar-refractivity contribution is 5.99. The lowest BCUT2D eigenvalue weighted by Gasteiger charge is -2.29. The van der Waals surface area contributed by atoms with E-state index in [0.29, 0.717) is 12.6 Å². The van der Waals surface area contributed by atoms with E-state index in [1.165, 1.54) is 5.69 Å². The van der Waals surface area contributed by atoms with Crippen LogP contribution in [0.2, 0.25) is 0 Å². The fraction of sp³-hybridized carbons (Fsp3) is 0.435. The van der Waals surface area contributed by atoms with Crippen LogP contribution in [0, 0.1) is 0 Å². The highest BCUT2D eigenvalue weighted by Gasteiger charge is 2.30. The molecule has 2 aliphatic rings. The van der Waals surface area contributed by atoms with E-state index in [2.05, 4.69) is 15.7 Å². The van der Waals surface area contributed by atoms with E-state index in [-0.39, 0.29) is 5.91 Å². The van der Waals surface area contributed by atoms with Crippen molar-refractivity contribution in [3.05, 3.63) is 41.9 Å². The second kappa shape index (κ2) is 7.72. The lowest BCUT2D eigenvalue weighted by molar-refractivity contribution is -0.129. The summed E-state index contributed by atoms with van der Waals surface area (Å²) in [5.74, 6) is 0.922. The fourth-order valence-electron chi connectivity index (χ4n) is 4.71. The minimum absolute atomic E-state index is 0.103. The van der Waals surface area contributed by atoms with E-state index in [4.69, 9.17) is 14.6 Å². The average molecular weight is 406 g/mol. The van der Waals surface area contributed by atoms with Gasteiger partial charge in [-0.2, -0.15) is 5.10 Å². The first-order chi connectivity index (χ1) is 14.7. The van der Waals surface area contributed by atoms with E-state index in [9.17, 15) is 4.79 Å². The van der Waals surface area contributed by atoms with Gasteiger partial charge in [-0.05, 0) is 31.0 Å². The van der Waals surface area contributed by atoms with Gasteiger partial charge in [0.1, 0.15) is 5.75 Å². The van der Waals surface area contributed by atoms with Crippen molar-refractivity contribution in [2.75, 3.05) is 26.9 Å². The van der Waals surface area contributed by atoms with E-state index >= 15 is 0 Å². The normalized spacial score (nSPS) is 17.2. The molecule has 7 heteroatoms. The van der Waals surface area contributed by atoms with Gasteiger partial charge in [0.15, 0.2) is 0 Å². The molecule has 4 heterocycles. The summed E-state index contributed by atoms with van der Waals surface area (Å²) >= 11 is 0. The topological polar surface area (TPSA) is 69.5 Å². The average Bonchev–Trinajstić information content (AvgIpc) is 3.17. The summed E-state index contributed by atoms with van der Waals surface area (Å²) in [5, 5.41) is 7.16. The fourth-order valence-corrected chi connectivity index (χ4v) is 4.71. The van der Waals surface area contributed by atoms with Crippen LogP contribution in [0.4, 0.5) is 0 Å². The van der Waals surface area contributed by atoms with Gasteiger partial charge in [0.05, 0.1) is 18.8 Å². The van der Waals surface area contributed by atoms with Crippen LogP contribution in [0.3, 0.4) is 0 Å². The quantitative estimate of drug-likeness (QED) is 0.667. The first-order valence-electron chi connectivity index (χ1n) is 10.5. The number of hydrogen-bond acceptors (Lipinski definition) is 5. The molecule has 0 radical (unpaired) electrons. The van der Waals surface area contributed by atoms with Crippen LogP contribution in [0.1, 0.15) is 37.1 Å². The zero-order valence-corrected chi connectivity index (χ0v) is 17.4. The second-order valence-corrected chi connectivity index (χ2v) is 7.99. The Bertz CT molecular complexity index is 1100. The number of benzene rings is 1. The Morgan fingerprint density at radius 2 is 2.03 bits per heavy atom. The zero-order chi connectivity index (χ0) is 20.7. The molecule has 156 valence electrons. The summed E-state index contributed by atoms with van der Waals surface area (Å²) in [6.07, 6.45) is 6.41. The smallest absolute Gasteiger partial charge is 0.219 e. The molecule has 1 aromatic carbocycles. The van der Waals surface area contributed by atoms with Crippen molar-refractivity contribution in [3.63, 3.8) is 0 Å². The van der Waals surface area contributed by atoms with Crippen molar-refractivity contribution in [1.82, 2.24) is 19.7 Å². The van der Waals surface area contributed by atoms with Gasteiger partial charge in [0.25, 0.3) is 0 Å². The second-order valence-electron chi connectivity index (χ2n) is 7.99. The number of nitrogens with zero attached hydrogens (tertiary/aromatic N) is 4. The molecule has 3 aromatic rings. The van der Waals surface area contributed by atoms with Gasteiger partial charge < -0.3 is 14.4 Å². The van der Waals surface area contributed by atoms with E-state index < -0.39 is 0 Å². The van der Waals surface area contributed by atoms with Gasteiger partial charge in [-0.3, -0.25) is 14.5 Å². The van der Waals surface area contributed by atoms with Crippen LogP contribution in [-0.4, -0.2) is 52.4 Å². The number of amides is 1. The molecule has 0 unspecified atom stereocenters. The number of rotatable bonds is 3. The Balaban J connectivity index is 1.70. The number of hydrogen-bond donors (Lipinski definition) is 0. The predicted octanol–water partition coefficient (Wildman–Crippen LogP) is 3.36. The number of pyridine rings is 1. The molecular formula is C23H26N4O3. The van der Waals surface area contributed by atoms with Gasteiger partial charge in [-0.25, -0.2) is 0 Å². The number of carbonyl (C=O) groups is 1. The van der Waals surface area contributed by atoms with E-state index in [0.717, 1.165) is 72.4 Å². The van der Waals surface area contributed by atoms with Crippen molar-refractivity contribution < 1.29 is 14.3 Å². The van der Waals surface area contributed by atoms with E-state index in [1.54, 1.807) is 20.2 Å². The maximum atomic E-state index is 12.1. The lowest BCUT2D eigenvalue weighted by atomic mass is 9.97. The summed E-state index contributed by atoms with van der Waals surface area (Å²) in [6.45, 7) is 4.51. The molecule has 5 rings (SSSR count). The van der Waals surface area contributed by atoms with Crippen molar-refractivity contribution in [1.29, 1.82) is 0 Å². The molecule has 1 amide bonds. The van der Waals surface area contributed by atoms with Crippen molar-refractivity contribution in [2.45, 2.75) is 38.8 Å². The Morgan fingerprint density at radius 3 is 2.80 bits per heavy atom. The van der Waals surface area contributed by atoms with Crippen LogP contribution >= 0.6 is 0 Å². The minimum Gasteiger partial charge on any atom is -0.496 e. The molecule has 1 fully saturated rings. The number of methoxy groups -OCH3 is 1. The third-order valence-corrected chi connectivity index (χ3v) is 6.32. The first kappa shape index (κ1) is 19.1. The predicted molar refractivity (Wildman–Crippen MR) is 113 cm³/mol. The molecule has 2 aliphatic heterocycles. The van der Waals surface area contributed by atoms with Gasteiger partial charge in [0, 0.05) is 79.6 Å². The molecule has 1 saturated heterocycles. The van der Waals surface area contributed by atoms with Crippen molar-refractivity contribution in [3.8, 4) is 17.0 Å². The maximum Gasteiger partial charge on any atom is 0.219 e. The van der Waals surface area contributed by atoms with Gasteiger partial charge >= 0.3 is 0 Å². The number of aromatic nitrogens is 3. The van der Waals surface area contributed by atoms with Gasteiger partial charge in [-0.15, -0.1) is 0 Å². The standard InChI is InChI=1S/C23H26N4O3/c1-15(28)26-10-6-21-20(14-26)23(25-27(21)16-7-11-30-12-8-16)18-3-4-22(29-2)17-5-9-24-13-19(17)18/h3-5,9,13,16H,6-8,10-12,14H2,1-2H3. The third-order valence-electron chi connectivity index (χ3n) is 6.32. The summed E-state index contributed by atoms with van der Waals surface area (Å²) in [7, 11) is 1.68. The van der Waals surface area contributed by atoms with Crippen LogP contribution in [0.5, 0.6) is 5.75 Å². The molecule has 30 heavy (non-hydrogen) atoms. The maximum absolute atomic E-state index is 12.1. The van der Waals surface area contributed by atoms with Gasteiger partial charge in [-0.1, -0.05) is 0 Å². The monoisotopic (exact) mass is 406 g/mol. The molecule has 2 aromatic heterocycles. The Morgan fingerprint density at radius 1 is 1.20 bits per heavy atom. The molecule has 0 aliphatic carbocycles. The highest BCUT2D eigenvalue weighted by atomic mass is 16.5. The first-order valence-corrected chi connectivity index (χ1v) is 10.5. The van der Waals surface area contributed by atoms with Crippen LogP contribution in [0.15, 0.2) is 30.6 Å². The van der Waals surface area contributed by atoms with Crippen LogP contribution < -0.4 is 4.74 Å². The summed E-state index contributed by atoms with van der Waals surface area (Å²) in [5.41, 5.74) is 4.38. The molecule has 0 spiro atoms. The molecule has 0 atom stereocenters. The Kier molecular flexibility index (Phi) is 4.90. The van der Waals surface area contributed by atoms with Gasteiger partial charge in [0.2, 0.25) is 5.91 Å². The molecule has 0 N–H and O–H groups in total. The Labute approximate surface area is 175 Å². The minimum atomic E-state index is 0.103. The summed E-state index contributed by atoms with van der Waals surface area (Å²) in [4.78, 5) is 18.4. The zero-order valence-electron chi connectivity index (χ0n) is 17.4. The van der Waals surface area contributed by atoms with Crippen molar-refractivity contribution in [2.24, 2.45) is 0 Å². The lowest BCUT2D eigenvalue weighted by Crippen LogP contribution is -2.35. The highest BCUT2D eigenvalue weighted by Crippen LogP contribution is 2.39. The molecule has 0 bridgehead atoms. The number of fused-ring (bicyclic) bond motifs is 2. The number of carbonyl (C=O) groups excluding carboxylic acids is 1. The SMILES string of the molecule is COc1ccc(-c2nn(C3CCOCC3)c3c2CN(C(C)=O)CC3)c2cnccc12. The van der Waals surface area contributed by atoms with Crippen LogP contribution in [0.25, 0.3) is 22.0 Å². The Hall–Kier alpha value is -2.93. The van der Waals surface area contributed by atoms with E-state index in [1.807, 2.05) is 23.2 Å². The summed E-state index contributed by atoms with van der Waals surface area (Å²) in [6, 6.07) is 6.37. The summed E-state index contributed by atoms with van der Waals surface area (Å²) < 4.78 is 13.4. The molecular weight excluding hydrogens is 380 g/mol. The van der Waals surface area contributed by atoms with Crippen LogP contribution in [-0.2, 0) is 22.5 Å². The largest absolute Gasteiger partial charge is 0.496 e. The molecule has 0 saturated carbocycles. The number of ether oxygens (including phenoxy) is 2.